The van der Waals surface area contributed by atoms with Crippen molar-refractivity contribution < 1.29 is 4.79 Å². The fourth-order valence-corrected chi connectivity index (χ4v) is 4.02. The largest absolute Gasteiger partial charge is 0.337 e. The van der Waals surface area contributed by atoms with Crippen LogP contribution in [0.1, 0.15) is 36.1 Å². The first-order chi connectivity index (χ1) is 9.81. The van der Waals surface area contributed by atoms with Crippen LogP contribution < -0.4 is 10.6 Å². The standard InChI is InChI=1S/C15H23N3OS/c19-15(17-13-3-1-2-4-13)16-7-9-18-8-5-14-12(11-18)6-10-20-14/h6,10,13H,1-5,7-9,11H2,(H2,16,17,19). The lowest BCUT2D eigenvalue weighted by Gasteiger charge is -2.26. The second-order valence-corrected chi connectivity index (χ2v) is 6.78. The number of nitrogens with one attached hydrogen (secondary N) is 2. The van der Waals surface area contributed by atoms with Gasteiger partial charge in [0, 0.05) is 37.1 Å². The summed E-state index contributed by atoms with van der Waals surface area (Å²) in [7, 11) is 0. The molecular weight excluding hydrogens is 270 g/mol. The van der Waals surface area contributed by atoms with E-state index in [-0.39, 0.29) is 6.03 Å². The Morgan fingerprint density at radius 3 is 3.10 bits per heavy atom. The van der Waals surface area contributed by atoms with E-state index in [1.807, 2.05) is 11.3 Å². The van der Waals surface area contributed by atoms with E-state index in [9.17, 15) is 4.79 Å². The third kappa shape index (κ3) is 3.52. The summed E-state index contributed by atoms with van der Waals surface area (Å²) in [6.45, 7) is 3.82. The molecular formula is C15H23N3OS. The molecule has 1 aliphatic heterocycles. The van der Waals surface area contributed by atoms with Gasteiger partial charge in [-0.1, -0.05) is 12.8 Å². The van der Waals surface area contributed by atoms with Crippen LogP contribution in [0.5, 0.6) is 0 Å². The van der Waals surface area contributed by atoms with Gasteiger partial charge in [0.1, 0.15) is 0 Å². The Morgan fingerprint density at radius 1 is 1.40 bits per heavy atom. The Hall–Kier alpha value is -1.07. The molecule has 1 fully saturated rings. The van der Waals surface area contributed by atoms with Gasteiger partial charge in [0.25, 0.3) is 0 Å². The number of amides is 2. The summed E-state index contributed by atoms with van der Waals surface area (Å²) in [5, 5.41) is 8.23. The van der Waals surface area contributed by atoms with Gasteiger partial charge in [-0.25, -0.2) is 4.79 Å². The number of urea groups is 1. The summed E-state index contributed by atoms with van der Waals surface area (Å²) in [5.41, 5.74) is 1.47. The van der Waals surface area contributed by atoms with Crippen LogP contribution in [0.2, 0.25) is 0 Å². The van der Waals surface area contributed by atoms with E-state index in [1.165, 1.54) is 23.3 Å². The highest BCUT2D eigenvalue weighted by Gasteiger charge is 2.18. The van der Waals surface area contributed by atoms with Crippen molar-refractivity contribution in [1.82, 2.24) is 15.5 Å². The van der Waals surface area contributed by atoms with Crippen LogP contribution in [-0.4, -0.2) is 36.6 Å². The minimum atomic E-state index is 0.00475. The first-order valence-corrected chi connectivity index (χ1v) is 8.51. The lowest BCUT2D eigenvalue weighted by atomic mass is 10.1. The smallest absolute Gasteiger partial charge is 0.315 e. The molecule has 0 unspecified atom stereocenters. The predicted octanol–water partition coefficient (Wildman–Crippen LogP) is 2.35. The van der Waals surface area contributed by atoms with Crippen molar-refractivity contribution in [1.29, 1.82) is 0 Å². The summed E-state index contributed by atoms with van der Waals surface area (Å²) in [6.07, 6.45) is 5.94. The molecule has 4 nitrogen and oxygen atoms in total. The second-order valence-electron chi connectivity index (χ2n) is 5.78. The van der Waals surface area contributed by atoms with Crippen LogP contribution >= 0.6 is 11.3 Å². The minimum absolute atomic E-state index is 0.00475. The molecule has 0 spiro atoms. The average Bonchev–Trinajstić information content (AvgIpc) is 3.09. The molecule has 2 aliphatic rings. The number of nitrogens with zero attached hydrogens (tertiary/aromatic N) is 1. The molecule has 1 aromatic heterocycles. The summed E-state index contributed by atoms with van der Waals surface area (Å²) in [5.74, 6) is 0. The Bertz CT molecular complexity index is 454. The molecule has 2 amide bonds. The van der Waals surface area contributed by atoms with Gasteiger partial charge >= 0.3 is 6.03 Å². The van der Waals surface area contributed by atoms with Crippen molar-refractivity contribution in [3.63, 3.8) is 0 Å². The van der Waals surface area contributed by atoms with Crippen LogP contribution in [0, 0.1) is 0 Å². The van der Waals surface area contributed by atoms with Gasteiger partial charge < -0.3 is 10.6 Å². The first-order valence-electron chi connectivity index (χ1n) is 7.63. The SMILES string of the molecule is O=C(NCCN1CCc2sccc2C1)NC1CCCC1. The number of carbonyl (C=O) groups is 1. The summed E-state index contributed by atoms with van der Waals surface area (Å²) < 4.78 is 0. The van der Waals surface area contributed by atoms with Crippen molar-refractivity contribution in [2.75, 3.05) is 19.6 Å². The fraction of sp³-hybridized carbons (Fsp3) is 0.667. The predicted molar refractivity (Wildman–Crippen MR) is 82.1 cm³/mol. The number of hydrogen-bond donors (Lipinski definition) is 2. The molecule has 0 radical (unpaired) electrons. The van der Waals surface area contributed by atoms with Crippen molar-refractivity contribution >= 4 is 17.4 Å². The van der Waals surface area contributed by atoms with Crippen molar-refractivity contribution in [3.8, 4) is 0 Å². The topological polar surface area (TPSA) is 44.4 Å². The molecule has 2 heterocycles. The highest BCUT2D eigenvalue weighted by Crippen LogP contribution is 2.23. The summed E-state index contributed by atoms with van der Waals surface area (Å²) in [4.78, 5) is 15.7. The Labute approximate surface area is 124 Å². The Kier molecular flexibility index (Phi) is 4.58. The molecule has 110 valence electrons. The fourth-order valence-electron chi connectivity index (χ4n) is 3.13. The van der Waals surface area contributed by atoms with Crippen LogP contribution in [0.15, 0.2) is 11.4 Å². The van der Waals surface area contributed by atoms with Gasteiger partial charge in [0.15, 0.2) is 0 Å². The van der Waals surface area contributed by atoms with Gasteiger partial charge in [-0.05, 0) is 36.3 Å². The van der Waals surface area contributed by atoms with Crippen molar-refractivity contribution in [2.45, 2.75) is 44.7 Å². The number of carbonyl (C=O) groups excluding carboxylic acids is 1. The van der Waals surface area contributed by atoms with Gasteiger partial charge in [-0.15, -0.1) is 11.3 Å². The third-order valence-corrected chi connectivity index (χ3v) is 5.31. The zero-order chi connectivity index (χ0) is 13.8. The number of fused-ring (bicyclic) bond motifs is 1. The van der Waals surface area contributed by atoms with Gasteiger partial charge in [-0.2, -0.15) is 0 Å². The maximum Gasteiger partial charge on any atom is 0.315 e. The van der Waals surface area contributed by atoms with Crippen LogP contribution in [-0.2, 0) is 13.0 Å². The number of thiophene rings is 1. The van der Waals surface area contributed by atoms with Crippen LogP contribution in [0.25, 0.3) is 0 Å². The molecule has 3 rings (SSSR count). The molecule has 0 saturated heterocycles. The molecule has 5 heteroatoms. The number of rotatable bonds is 4. The Balaban J connectivity index is 1.35. The van der Waals surface area contributed by atoms with Gasteiger partial charge in [0.05, 0.1) is 0 Å². The van der Waals surface area contributed by atoms with Gasteiger partial charge in [-0.3, -0.25) is 4.90 Å². The van der Waals surface area contributed by atoms with E-state index in [0.29, 0.717) is 6.04 Å². The van der Waals surface area contributed by atoms with Crippen molar-refractivity contribution in [3.05, 3.63) is 21.9 Å². The molecule has 0 bridgehead atoms. The van der Waals surface area contributed by atoms with E-state index in [4.69, 9.17) is 0 Å². The lowest BCUT2D eigenvalue weighted by molar-refractivity contribution is 0.228. The summed E-state index contributed by atoms with van der Waals surface area (Å²) in [6, 6.07) is 2.63. The second kappa shape index (κ2) is 6.59. The molecule has 1 aromatic rings. The van der Waals surface area contributed by atoms with Crippen molar-refractivity contribution in [2.24, 2.45) is 0 Å². The maximum absolute atomic E-state index is 11.8. The molecule has 2 N–H and O–H groups in total. The zero-order valence-corrected chi connectivity index (χ0v) is 12.7. The maximum atomic E-state index is 11.8. The first kappa shape index (κ1) is 13.9. The highest BCUT2D eigenvalue weighted by atomic mass is 32.1. The van der Waals surface area contributed by atoms with Gasteiger partial charge in [0.2, 0.25) is 0 Å². The van der Waals surface area contributed by atoms with E-state index in [1.54, 1.807) is 0 Å². The molecule has 1 aliphatic carbocycles. The third-order valence-electron chi connectivity index (χ3n) is 4.29. The van der Waals surface area contributed by atoms with Crippen LogP contribution in [0.4, 0.5) is 4.79 Å². The normalized spacial score (nSPS) is 19.8. The van der Waals surface area contributed by atoms with E-state index >= 15 is 0 Å². The van der Waals surface area contributed by atoms with E-state index < -0.39 is 0 Å². The minimum Gasteiger partial charge on any atom is -0.337 e. The zero-order valence-electron chi connectivity index (χ0n) is 11.9. The number of hydrogen-bond acceptors (Lipinski definition) is 3. The molecule has 20 heavy (non-hydrogen) atoms. The molecule has 0 aromatic carbocycles. The average molecular weight is 293 g/mol. The van der Waals surface area contributed by atoms with E-state index in [2.05, 4.69) is 27.0 Å². The highest BCUT2D eigenvalue weighted by molar-refractivity contribution is 7.10. The quantitative estimate of drug-likeness (QED) is 0.895. The molecule has 1 saturated carbocycles. The van der Waals surface area contributed by atoms with Crippen LogP contribution in [0.3, 0.4) is 0 Å². The monoisotopic (exact) mass is 293 g/mol. The molecule has 0 atom stereocenters. The summed E-state index contributed by atoms with van der Waals surface area (Å²) >= 11 is 1.87. The Morgan fingerprint density at radius 2 is 2.25 bits per heavy atom. The lowest BCUT2D eigenvalue weighted by Crippen LogP contribution is -2.44. The van der Waals surface area contributed by atoms with E-state index in [0.717, 1.165) is 45.4 Å².